The first-order valence-corrected chi connectivity index (χ1v) is 9.79. The van der Waals surface area contributed by atoms with Crippen LogP contribution in [0.3, 0.4) is 0 Å². The Hall–Kier alpha value is -2.45. The minimum absolute atomic E-state index is 0.107. The van der Waals surface area contributed by atoms with Crippen molar-refractivity contribution >= 4 is 15.7 Å². The van der Waals surface area contributed by atoms with Gasteiger partial charge in [0, 0.05) is 18.2 Å². The number of hydrogen-bond donors (Lipinski definition) is 1. The number of hydrogen-bond acceptors (Lipinski definition) is 5. The van der Waals surface area contributed by atoms with E-state index in [0.717, 1.165) is 17.4 Å². The molecule has 8 heteroatoms. The lowest BCUT2D eigenvalue weighted by Gasteiger charge is -2.10. The van der Waals surface area contributed by atoms with Crippen LogP contribution < -0.4 is 9.46 Å². The standard InChI is InChI=1S/C18H22N2O5S/c1-3-25-18-9-5-4-7-15(18)8-6-12-19-26(23,24)16-11-10-14(2)17(13-16)20(21)22/h4-5,7,9-11,13,19H,3,6,8,12H2,1-2H3. The molecule has 1 N–H and O–H groups in total. The summed E-state index contributed by atoms with van der Waals surface area (Å²) < 4.78 is 32.7. The first kappa shape index (κ1) is 19.9. The summed E-state index contributed by atoms with van der Waals surface area (Å²) >= 11 is 0. The molecule has 0 atom stereocenters. The molecule has 7 nitrogen and oxygen atoms in total. The molecule has 140 valence electrons. The van der Waals surface area contributed by atoms with Crippen molar-refractivity contribution in [2.75, 3.05) is 13.2 Å². The lowest BCUT2D eigenvalue weighted by Crippen LogP contribution is -2.25. The first-order valence-electron chi connectivity index (χ1n) is 8.30. The highest BCUT2D eigenvalue weighted by molar-refractivity contribution is 7.89. The number of nitrogens with one attached hydrogen (secondary N) is 1. The molecule has 0 aliphatic heterocycles. The maximum atomic E-state index is 12.3. The molecule has 0 saturated carbocycles. The van der Waals surface area contributed by atoms with E-state index in [2.05, 4.69) is 4.72 Å². The highest BCUT2D eigenvalue weighted by Gasteiger charge is 2.19. The summed E-state index contributed by atoms with van der Waals surface area (Å²) in [6, 6.07) is 11.5. The smallest absolute Gasteiger partial charge is 0.273 e. The molecule has 2 rings (SSSR count). The van der Waals surface area contributed by atoms with Gasteiger partial charge in [-0.15, -0.1) is 0 Å². The topological polar surface area (TPSA) is 98.5 Å². The van der Waals surface area contributed by atoms with E-state index in [1.54, 1.807) is 6.92 Å². The molecule has 26 heavy (non-hydrogen) atoms. The van der Waals surface area contributed by atoms with Gasteiger partial charge in [-0.05, 0) is 44.4 Å². The van der Waals surface area contributed by atoms with Gasteiger partial charge in [0.25, 0.3) is 5.69 Å². The molecule has 0 aliphatic carbocycles. The summed E-state index contributed by atoms with van der Waals surface area (Å²) in [6.07, 6.45) is 1.24. The predicted octanol–water partition coefficient (Wildman–Crippen LogP) is 3.21. The maximum absolute atomic E-state index is 12.3. The largest absolute Gasteiger partial charge is 0.494 e. The second-order valence-electron chi connectivity index (χ2n) is 5.75. The molecule has 0 bridgehead atoms. The van der Waals surface area contributed by atoms with Crippen molar-refractivity contribution in [1.82, 2.24) is 4.72 Å². The zero-order chi connectivity index (χ0) is 19.2. The molecule has 0 spiro atoms. The number of benzene rings is 2. The molecule has 2 aromatic rings. The number of nitro groups is 1. The fourth-order valence-corrected chi connectivity index (χ4v) is 3.62. The van der Waals surface area contributed by atoms with E-state index in [1.165, 1.54) is 12.1 Å². The van der Waals surface area contributed by atoms with Gasteiger partial charge in [-0.1, -0.05) is 24.3 Å². The predicted molar refractivity (Wildman–Crippen MR) is 99.0 cm³/mol. The fourth-order valence-electron chi connectivity index (χ4n) is 2.53. The van der Waals surface area contributed by atoms with Crippen LogP contribution in [-0.2, 0) is 16.4 Å². The second-order valence-corrected chi connectivity index (χ2v) is 7.51. The highest BCUT2D eigenvalue weighted by atomic mass is 32.2. The molecule has 0 aliphatic rings. The Balaban J connectivity index is 1.99. The van der Waals surface area contributed by atoms with Gasteiger partial charge in [-0.25, -0.2) is 13.1 Å². The van der Waals surface area contributed by atoms with Crippen LogP contribution in [0.15, 0.2) is 47.4 Å². The Morgan fingerprint density at radius 2 is 1.92 bits per heavy atom. The molecule has 0 amide bonds. The van der Waals surface area contributed by atoms with E-state index in [4.69, 9.17) is 4.74 Å². The molecular weight excluding hydrogens is 356 g/mol. The van der Waals surface area contributed by atoms with Crippen LogP contribution in [0.1, 0.15) is 24.5 Å². The highest BCUT2D eigenvalue weighted by Crippen LogP contribution is 2.22. The van der Waals surface area contributed by atoms with Crippen LogP contribution in [0.25, 0.3) is 0 Å². The summed E-state index contributed by atoms with van der Waals surface area (Å²) in [5, 5.41) is 11.0. The number of aryl methyl sites for hydroxylation is 2. The van der Waals surface area contributed by atoms with Crippen molar-refractivity contribution in [2.24, 2.45) is 0 Å². The van der Waals surface area contributed by atoms with Crippen LogP contribution >= 0.6 is 0 Å². The van der Waals surface area contributed by atoms with Crippen molar-refractivity contribution in [2.45, 2.75) is 31.6 Å². The Morgan fingerprint density at radius 3 is 2.62 bits per heavy atom. The van der Waals surface area contributed by atoms with Gasteiger partial charge in [0.2, 0.25) is 10.0 Å². The van der Waals surface area contributed by atoms with Crippen LogP contribution in [-0.4, -0.2) is 26.5 Å². The molecule has 0 aromatic heterocycles. The number of ether oxygens (including phenoxy) is 1. The molecule has 2 aromatic carbocycles. The fraction of sp³-hybridized carbons (Fsp3) is 0.333. The zero-order valence-electron chi connectivity index (χ0n) is 14.8. The molecule has 0 heterocycles. The Labute approximate surface area is 153 Å². The SMILES string of the molecule is CCOc1ccccc1CCCNS(=O)(=O)c1ccc(C)c([N+](=O)[O-])c1. The van der Waals surface area contributed by atoms with Crippen molar-refractivity contribution < 1.29 is 18.1 Å². The van der Waals surface area contributed by atoms with Gasteiger partial charge in [-0.2, -0.15) is 0 Å². The number of nitro benzene ring substituents is 1. The second kappa shape index (κ2) is 8.77. The van der Waals surface area contributed by atoms with E-state index in [9.17, 15) is 18.5 Å². The van der Waals surface area contributed by atoms with Gasteiger partial charge in [0.15, 0.2) is 0 Å². The monoisotopic (exact) mass is 378 g/mol. The lowest BCUT2D eigenvalue weighted by molar-refractivity contribution is -0.385. The van der Waals surface area contributed by atoms with Crippen molar-refractivity contribution in [1.29, 1.82) is 0 Å². The number of para-hydroxylation sites is 1. The van der Waals surface area contributed by atoms with E-state index in [0.29, 0.717) is 25.0 Å². The van der Waals surface area contributed by atoms with Crippen molar-refractivity contribution in [3.8, 4) is 5.75 Å². The Morgan fingerprint density at radius 1 is 1.19 bits per heavy atom. The molecule has 0 radical (unpaired) electrons. The van der Waals surface area contributed by atoms with Crippen LogP contribution in [0.5, 0.6) is 5.75 Å². The summed E-state index contributed by atoms with van der Waals surface area (Å²) in [5.74, 6) is 0.798. The van der Waals surface area contributed by atoms with Crippen LogP contribution in [0, 0.1) is 17.0 Å². The normalized spacial score (nSPS) is 11.3. The third-order valence-electron chi connectivity index (χ3n) is 3.88. The molecule has 0 fully saturated rings. The maximum Gasteiger partial charge on any atom is 0.273 e. The van der Waals surface area contributed by atoms with Gasteiger partial charge < -0.3 is 4.74 Å². The van der Waals surface area contributed by atoms with E-state index in [-0.39, 0.29) is 17.1 Å². The van der Waals surface area contributed by atoms with E-state index in [1.807, 2.05) is 31.2 Å². The zero-order valence-corrected chi connectivity index (χ0v) is 15.6. The van der Waals surface area contributed by atoms with E-state index >= 15 is 0 Å². The minimum atomic E-state index is -3.79. The summed E-state index contributed by atoms with van der Waals surface area (Å²) in [7, 11) is -3.79. The number of rotatable bonds is 9. The third-order valence-corrected chi connectivity index (χ3v) is 5.33. The molecule has 0 unspecified atom stereocenters. The molecular formula is C18H22N2O5S. The van der Waals surface area contributed by atoms with Crippen molar-refractivity contribution in [3.05, 3.63) is 63.7 Å². The van der Waals surface area contributed by atoms with Crippen molar-refractivity contribution in [3.63, 3.8) is 0 Å². The quantitative estimate of drug-likeness (QED) is 0.410. The average molecular weight is 378 g/mol. The van der Waals surface area contributed by atoms with Gasteiger partial charge >= 0.3 is 0 Å². The first-order chi connectivity index (χ1) is 12.3. The average Bonchev–Trinajstić information content (AvgIpc) is 2.60. The summed E-state index contributed by atoms with van der Waals surface area (Å²) in [5.41, 5.74) is 1.22. The van der Waals surface area contributed by atoms with Gasteiger partial charge in [0.1, 0.15) is 5.75 Å². The third kappa shape index (κ3) is 5.03. The van der Waals surface area contributed by atoms with E-state index < -0.39 is 14.9 Å². The van der Waals surface area contributed by atoms with Crippen LogP contribution in [0.4, 0.5) is 5.69 Å². The Kier molecular flexibility index (Phi) is 6.70. The molecule has 0 saturated heterocycles. The van der Waals surface area contributed by atoms with Gasteiger partial charge in [0.05, 0.1) is 16.4 Å². The number of sulfonamides is 1. The van der Waals surface area contributed by atoms with Gasteiger partial charge in [-0.3, -0.25) is 10.1 Å². The minimum Gasteiger partial charge on any atom is -0.494 e. The van der Waals surface area contributed by atoms with Crippen LogP contribution in [0.2, 0.25) is 0 Å². The Bertz CT molecular complexity index is 881. The summed E-state index contributed by atoms with van der Waals surface area (Å²) in [6.45, 7) is 4.27. The number of nitrogens with zero attached hydrogens (tertiary/aromatic N) is 1. The summed E-state index contributed by atoms with van der Waals surface area (Å²) in [4.78, 5) is 10.3. The lowest BCUT2D eigenvalue weighted by atomic mass is 10.1.